The van der Waals surface area contributed by atoms with E-state index in [4.69, 9.17) is 4.74 Å². The van der Waals surface area contributed by atoms with Gasteiger partial charge in [-0.25, -0.2) is 8.42 Å². The monoisotopic (exact) mass is 215 g/mol. The summed E-state index contributed by atoms with van der Waals surface area (Å²) in [6, 6.07) is 5.20. The number of ether oxygens (including phenoxy) is 1. The van der Waals surface area contributed by atoms with Gasteiger partial charge in [0.2, 0.25) is 10.0 Å². The van der Waals surface area contributed by atoms with Crippen LogP contribution in [0.15, 0.2) is 18.2 Å². The topological polar surface area (TPSA) is 55.4 Å². The number of sulfonamides is 1. The third kappa shape index (κ3) is 3.26. The zero-order chi connectivity index (χ0) is 10.8. The highest BCUT2D eigenvalue weighted by atomic mass is 32.2. The summed E-state index contributed by atoms with van der Waals surface area (Å²) in [7, 11) is -1.68. The molecular weight excluding hydrogens is 202 g/mol. The highest BCUT2D eigenvalue weighted by Crippen LogP contribution is 2.20. The summed E-state index contributed by atoms with van der Waals surface area (Å²) in [5.41, 5.74) is 1.46. The van der Waals surface area contributed by atoms with E-state index in [0.717, 1.165) is 11.8 Å². The van der Waals surface area contributed by atoms with E-state index in [0.29, 0.717) is 11.4 Å². The maximum Gasteiger partial charge on any atom is 0.229 e. The second-order valence-corrected chi connectivity index (χ2v) is 4.86. The van der Waals surface area contributed by atoms with Crippen molar-refractivity contribution in [2.45, 2.75) is 6.92 Å². The molecule has 1 rings (SSSR count). The number of hydrogen-bond acceptors (Lipinski definition) is 3. The molecule has 0 heterocycles. The molecule has 0 spiro atoms. The van der Waals surface area contributed by atoms with Crippen LogP contribution in [-0.4, -0.2) is 21.8 Å². The highest BCUT2D eigenvalue weighted by molar-refractivity contribution is 7.92. The van der Waals surface area contributed by atoms with E-state index in [9.17, 15) is 8.42 Å². The normalized spacial score (nSPS) is 11.1. The Morgan fingerprint density at radius 1 is 1.29 bits per heavy atom. The summed E-state index contributed by atoms with van der Waals surface area (Å²) in [6.45, 7) is 1.87. The second kappa shape index (κ2) is 3.88. The SMILES string of the molecule is COc1cc(C)cc(NS(C)(=O)=O)c1. The zero-order valence-electron chi connectivity index (χ0n) is 8.37. The Bertz CT molecular complexity index is 426. The lowest BCUT2D eigenvalue weighted by atomic mass is 10.2. The van der Waals surface area contributed by atoms with Crippen LogP contribution in [0.5, 0.6) is 5.75 Å². The zero-order valence-corrected chi connectivity index (χ0v) is 9.18. The van der Waals surface area contributed by atoms with E-state index < -0.39 is 10.0 Å². The van der Waals surface area contributed by atoms with Crippen molar-refractivity contribution < 1.29 is 13.2 Å². The van der Waals surface area contributed by atoms with Gasteiger partial charge in [0.15, 0.2) is 0 Å². The van der Waals surface area contributed by atoms with E-state index in [2.05, 4.69) is 4.72 Å². The van der Waals surface area contributed by atoms with Crippen molar-refractivity contribution in [3.05, 3.63) is 23.8 Å². The summed E-state index contributed by atoms with van der Waals surface area (Å²) in [5, 5.41) is 0. The summed E-state index contributed by atoms with van der Waals surface area (Å²) < 4.78 is 29.3. The molecule has 14 heavy (non-hydrogen) atoms. The Morgan fingerprint density at radius 3 is 2.43 bits per heavy atom. The van der Waals surface area contributed by atoms with Gasteiger partial charge in [-0.3, -0.25) is 4.72 Å². The maximum absolute atomic E-state index is 11.0. The van der Waals surface area contributed by atoms with E-state index >= 15 is 0 Å². The molecule has 0 unspecified atom stereocenters. The lowest BCUT2D eigenvalue weighted by Crippen LogP contribution is -2.09. The van der Waals surface area contributed by atoms with Gasteiger partial charge < -0.3 is 4.74 Å². The third-order valence-corrected chi connectivity index (χ3v) is 2.20. The Balaban J connectivity index is 3.04. The van der Waals surface area contributed by atoms with Crippen molar-refractivity contribution in [2.24, 2.45) is 0 Å². The van der Waals surface area contributed by atoms with Crippen LogP contribution >= 0.6 is 0 Å². The first-order chi connectivity index (χ1) is 6.40. The molecule has 1 N–H and O–H groups in total. The van der Waals surface area contributed by atoms with Crippen molar-refractivity contribution in [2.75, 3.05) is 18.1 Å². The molecule has 5 heteroatoms. The predicted molar refractivity (Wildman–Crippen MR) is 56.2 cm³/mol. The van der Waals surface area contributed by atoms with E-state index in [1.807, 2.05) is 13.0 Å². The van der Waals surface area contributed by atoms with Crippen LogP contribution in [0.3, 0.4) is 0 Å². The minimum absolute atomic E-state index is 0.518. The summed E-state index contributed by atoms with van der Waals surface area (Å²) in [6.07, 6.45) is 1.11. The Hall–Kier alpha value is -1.23. The van der Waals surface area contributed by atoms with Gasteiger partial charge in [-0.2, -0.15) is 0 Å². The van der Waals surface area contributed by atoms with E-state index in [1.165, 1.54) is 0 Å². The molecule has 0 saturated heterocycles. The first-order valence-electron chi connectivity index (χ1n) is 4.04. The molecule has 1 aromatic rings. The third-order valence-electron chi connectivity index (χ3n) is 1.59. The van der Waals surface area contributed by atoms with Crippen LogP contribution in [0, 0.1) is 6.92 Å². The predicted octanol–water partition coefficient (Wildman–Crippen LogP) is 1.38. The fraction of sp³-hybridized carbons (Fsp3) is 0.333. The van der Waals surface area contributed by atoms with Gasteiger partial charge >= 0.3 is 0 Å². The Labute approximate surface area is 84.0 Å². The molecule has 0 bridgehead atoms. The van der Waals surface area contributed by atoms with E-state index in [1.54, 1.807) is 19.2 Å². The van der Waals surface area contributed by atoms with Gasteiger partial charge in [-0.1, -0.05) is 0 Å². The minimum atomic E-state index is -3.22. The van der Waals surface area contributed by atoms with Gasteiger partial charge in [-0.05, 0) is 24.6 Å². The number of hydrogen-bond donors (Lipinski definition) is 1. The average molecular weight is 215 g/mol. The van der Waals surface area contributed by atoms with Gasteiger partial charge in [0.25, 0.3) is 0 Å². The highest BCUT2D eigenvalue weighted by Gasteiger charge is 2.03. The van der Waals surface area contributed by atoms with Crippen LogP contribution in [0.4, 0.5) is 5.69 Å². The van der Waals surface area contributed by atoms with Crippen molar-refractivity contribution in [3.63, 3.8) is 0 Å². The largest absolute Gasteiger partial charge is 0.497 e. The molecule has 0 aliphatic carbocycles. The molecule has 0 aromatic heterocycles. The maximum atomic E-state index is 11.0. The number of rotatable bonds is 3. The van der Waals surface area contributed by atoms with Crippen LogP contribution in [0.1, 0.15) is 5.56 Å². The average Bonchev–Trinajstić information content (AvgIpc) is 1.99. The molecule has 0 radical (unpaired) electrons. The van der Waals surface area contributed by atoms with Crippen LogP contribution in [0.2, 0.25) is 0 Å². The molecule has 0 atom stereocenters. The molecule has 0 saturated carbocycles. The van der Waals surface area contributed by atoms with Gasteiger partial charge in [0.05, 0.1) is 19.1 Å². The molecule has 4 nitrogen and oxygen atoms in total. The van der Waals surface area contributed by atoms with Crippen LogP contribution in [0.25, 0.3) is 0 Å². The van der Waals surface area contributed by atoms with Gasteiger partial charge in [0, 0.05) is 6.07 Å². The molecule has 0 aliphatic heterocycles. The smallest absolute Gasteiger partial charge is 0.229 e. The fourth-order valence-corrected chi connectivity index (χ4v) is 1.68. The van der Waals surface area contributed by atoms with Crippen LogP contribution < -0.4 is 9.46 Å². The lowest BCUT2D eigenvalue weighted by Gasteiger charge is -2.07. The quantitative estimate of drug-likeness (QED) is 0.828. The van der Waals surface area contributed by atoms with Crippen molar-refractivity contribution in [1.82, 2.24) is 0 Å². The number of nitrogens with one attached hydrogen (secondary N) is 1. The summed E-state index contributed by atoms with van der Waals surface area (Å²) in [5.74, 6) is 0.635. The Morgan fingerprint density at radius 2 is 1.93 bits per heavy atom. The van der Waals surface area contributed by atoms with Crippen LogP contribution in [-0.2, 0) is 10.0 Å². The standard InChI is InChI=1S/C9H13NO3S/c1-7-4-8(10-14(3,11)12)6-9(5-7)13-2/h4-6,10H,1-3H3. The molecular formula is C9H13NO3S. The van der Waals surface area contributed by atoms with Crippen molar-refractivity contribution >= 4 is 15.7 Å². The first kappa shape index (κ1) is 10.8. The number of anilines is 1. The second-order valence-electron chi connectivity index (χ2n) is 3.11. The fourth-order valence-electron chi connectivity index (χ4n) is 1.14. The minimum Gasteiger partial charge on any atom is -0.497 e. The van der Waals surface area contributed by atoms with Crippen molar-refractivity contribution in [1.29, 1.82) is 0 Å². The number of benzene rings is 1. The molecule has 0 fully saturated rings. The Kier molecular flexibility index (Phi) is 3.00. The summed E-state index contributed by atoms with van der Waals surface area (Å²) >= 11 is 0. The summed E-state index contributed by atoms with van der Waals surface area (Å²) in [4.78, 5) is 0. The van der Waals surface area contributed by atoms with Gasteiger partial charge in [-0.15, -0.1) is 0 Å². The molecule has 0 amide bonds. The van der Waals surface area contributed by atoms with Gasteiger partial charge in [0.1, 0.15) is 5.75 Å². The molecule has 1 aromatic carbocycles. The van der Waals surface area contributed by atoms with E-state index in [-0.39, 0.29) is 0 Å². The number of aryl methyl sites for hydroxylation is 1. The number of methoxy groups -OCH3 is 1. The lowest BCUT2D eigenvalue weighted by molar-refractivity contribution is 0.414. The first-order valence-corrected chi connectivity index (χ1v) is 5.93. The van der Waals surface area contributed by atoms with Crippen molar-refractivity contribution in [3.8, 4) is 5.75 Å². The molecule has 0 aliphatic rings. The molecule has 78 valence electrons.